The number of rotatable bonds is 10. The molecular formula is C14H32N4O6P2S2. The summed E-state index contributed by atoms with van der Waals surface area (Å²) < 4.78 is 46.7. The van der Waals surface area contributed by atoms with Crippen molar-refractivity contribution in [3.63, 3.8) is 0 Å². The van der Waals surface area contributed by atoms with Crippen molar-refractivity contribution in [2.75, 3.05) is 0 Å². The van der Waals surface area contributed by atoms with E-state index in [9.17, 15) is 9.13 Å². The average Bonchev–Trinajstić information content (AvgIpc) is 2.40. The zero-order valence-corrected chi connectivity index (χ0v) is 20.9. The third kappa shape index (κ3) is 13.0. The Kier molecular flexibility index (Phi) is 12.3. The Balaban J connectivity index is 4.84. The highest BCUT2D eigenvalue weighted by Crippen LogP contribution is 2.47. The molecule has 0 heterocycles. The van der Waals surface area contributed by atoms with Gasteiger partial charge in [-0.2, -0.15) is 0 Å². The van der Waals surface area contributed by atoms with E-state index in [0.29, 0.717) is 0 Å². The molecule has 0 unspecified atom stereocenters. The molecule has 0 aromatic carbocycles. The van der Waals surface area contributed by atoms with E-state index in [-0.39, 0.29) is 34.6 Å². The van der Waals surface area contributed by atoms with Crippen molar-refractivity contribution in [1.82, 2.24) is 21.0 Å². The van der Waals surface area contributed by atoms with Crippen molar-refractivity contribution in [3.05, 3.63) is 0 Å². The molecule has 0 atom stereocenters. The standard InChI is InChI=1S/C14H32N4O6P2S2/c1-9(2)21-25(19,22-10(3)4)17-13(27)15-16-14(28)18-26(20,23-11(5)6)24-12(7)8/h9-12H,1-8H3,(H2,15,17,19,27)(H2,16,18,20,28). The second-order valence-electron chi connectivity index (χ2n) is 6.74. The minimum Gasteiger partial charge on any atom is -0.290 e. The third-order valence-electron chi connectivity index (χ3n) is 2.16. The van der Waals surface area contributed by atoms with E-state index in [0.717, 1.165) is 0 Å². The third-order valence-corrected chi connectivity index (χ3v) is 6.67. The molecule has 0 saturated carbocycles. The quantitative estimate of drug-likeness (QED) is 0.208. The van der Waals surface area contributed by atoms with Crippen LogP contribution in [0.25, 0.3) is 0 Å². The minimum absolute atomic E-state index is 0.0989. The van der Waals surface area contributed by atoms with E-state index in [4.69, 9.17) is 42.5 Å². The molecule has 0 fully saturated rings. The van der Waals surface area contributed by atoms with Crippen LogP contribution in [0.2, 0.25) is 0 Å². The van der Waals surface area contributed by atoms with Gasteiger partial charge in [-0.3, -0.25) is 39.1 Å². The van der Waals surface area contributed by atoms with Gasteiger partial charge in [-0.1, -0.05) is 0 Å². The first kappa shape index (κ1) is 27.7. The van der Waals surface area contributed by atoms with Crippen LogP contribution in [0.15, 0.2) is 0 Å². The van der Waals surface area contributed by atoms with Crippen LogP contribution in [0, 0.1) is 0 Å². The SMILES string of the molecule is CC(C)OP(=O)(NC(=S)NNC(=S)NP(=O)(OC(C)C)OC(C)C)OC(C)C. The van der Waals surface area contributed by atoms with Crippen LogP contribution in [0.1, 0.15) is 55.4 Å². The van der Waals surface area contributed by atoms with Gasteiger partial charge >= 0.3 is 15.5 Å². The maximum absolute atomic E-state index is 12.7. The first-order valence-corrected chi connectivity index (χ1v) is 12.7. The van der Waals surface area contributed by atoms with Crippen molar-refractivity contribution >= 4 is 50.2 Å². The lowest BCUT2D eigenvalue weighted by Gasteiger charge is -2.26. The summed E-state index contributed by atoms with van der Waals surface area (Å²) in [7, 11) is -7.38. The van der Waals surface area contributed by atoms with Gasteiger partial charge in [-0.25, -0.2) is 9.13 Å². The van der Waals surface area contributed by atoms with Crippen LogP contribution in [-0.4, -0.2) is 34.6 Å². The molecule has 166 valence electrons. The minimum atomic E-state index is -3.69. The lowest BCUT2D eigenvalue weighted by atomic mass is 10.5. The summed E-state index contributed by atoms with van der Waals surface area (Å²) in [6.07, 6.45) is -1.43. The molecule has 0 aromatic rings. The zero-order valence-electron chi connectivity index (χ0n) is 17.5. The van der Waals surface area contributed by atoms with Gasteiger partial charge in [0.2, 0.25) is 0 Å². The fourth-order valence-electron chi connectivity index (χ4n) is 1.68. The fourth-order valence-corrected chi connectivity index (χ4v) is 5.60. The summed E-state index contributed by atoms with van der Waals surface area (Å²) in [6, 6.07) is 0. The van der Waals surface area contributed by atoms with E-state index in [2.05, 4.69) is 21.0 Å². The predicted octanol–water partition coefficient (Wildman–Crippen LogP) is 3.75. The zero-order chi connectivity index (χ0) is 22.1. The first-order chi connectivity index (χ1) is 12.7. The van der Waals surface area contributed by atoms with Crippen molar-refractivity contribution in [1.29, 1.82) is 0 Å². The summed E-state index contributed by atoms with van der Waals surface area (Å²) in [5, 5.41) is 4.78. The molecule has 4 N–H and O–H groups in total. The monoisotopic (exact) mass is 478 g/mol. The van der Waals surface area contributed by atoms with E-state index in [1.54, 1.807) is 55.4 Å². The van der Waals surface area contributed by atoms with Crippen LogP contribution >= 0.6 is 39.9 Å². The van der Waals surface area contributed by atoms with Crippen LogP contribution in [-0.2, 0) is 27.2 Å². The molecule has 10 nitrogen and oxygen atoms in total. The Labute approximate surface area is 178 Å². The Bertz CT molecular complexity index is 539. The van der Waals surface area contributed by atoms with Gasteiger partial charge in [-0.15, -0.1) is 0 Å². The summed E-state index contributed by atoms with van der Waals surface area (Å²) in [6.45, 7) is 13.7. The molecule has 0 aliphatic rings. The number of hydrazine groups is 1. The first-order valence-electron chi connectivity index (χ1n) is 8.76. The normalized spacial score (nSPS) is 12.6. The number of hydrogen-bond donors (Lipinski definition) is 4. The van der Waals surface area contributed by atoms with Crippen LogP contribution in [0.4, 0.5) is 0 Å². The predicted molar refractivity (Wildman–Crippen MR) is 118 cm³/mol. The van der Waals surface area contributed by atoms with E-state index in [1.807, 2.05) is 0 Å². The highest BCUT2D eigenvalue weighted by molar-refractivity contribution is 7.81. The summed E-state index contributed by atoms with van der Waals surface area (Å²) in [5.74, 6) is 0. The van der Waals surface area contributed by atoms with Gasteiger partial charge in [0, 0.05) is 0 Å². The highest BCUT2D eigenvalue weighted by atomic mass is 32.1. The van der Waals surface area contributed by atoms with Crippen LogP contribution in [0.3, 0.4) is 0 Å². The van der Waals surface area contributed by atoms with Gasteiger partial charge in [0.25, 0.3) is 0 Å². The van der Waals surface area contributed by atoms with Crippen molar-refractivity contribution in [2.24, 2.45) is 0 Å². The van der Waals surface area contributed by atoms with Gasteiger partial charge in [0.15, 0.2) is 10.2 Å². The van der Waals surface area contributed by atoms with Crippen LogP contribution < -0.4 is 21.0 Å². The van der Waals surface area contributed by atoms with Gasteiger partial charge < -0.3 is 0 Å². The molecule has 0 bridgehead atoms. The average molecular weight is 479 g/mol. The molecule has 0 aliphatic carbocycles. The number of thiocarbonyl (C=S) groups is 2. The number of nitrogens with one attached hydrogen (secondary N) is 4. The highest BCUT2D eigenvalue weighted by Gasteiger charge is 2.31. The maximum atomic E-state index is 12.7. The molecule has 0 amide bonds. The summed E-state index contributed by atoms with van der Waals surface area (Å²) in [4.78, 5) is 0. The topological polar surface area (TPSA) is 119 Å². The van der Waals surface area contributed by atoms with E-state index >= 15 is 0 Å². The second kappa shape index (κ2) is 12.4. The largest absolute Gasteiger partial charge is 0.435 e. The lowest BCUT2D eigenvalue weighted by Crippen LogP contribution is -2.49. The molecule has 14 heteroatoms. The van der Waals surface area contributed by atoms with Gasteiger partial charge in [0.05, 0.1) is 24.4 Å². The summed E-state index contributed by atoms with van der Waals surface area (Å²) in [5.41, 5.74) is 5.03. The van der Waals surface area contributed by atoms with Crippen molar-refractivity contribution in [2.45, 2.75) is 79.8 Å². The Morgan fingerprint density at radius 2 is 0.821 bits per heavy atom. The van der Waals surface area contributed by atoms with Crippen molar-refractivity contribution < 1.29 is 27.2 Å². The molecule has 0 saturated heterocycles. The Morgan fingerprint density at radius 3 is 1.00 bits per heavy atom. The van der Waals surface area contributed by atoms with Crippen molar-refractivity contribution in [3.8, 4) is 0 Å². The smallest absolute Gasteiger partial charge is 0.290 e. The molecular weight excluding hydrogens is 446 g/mol. The van der Waals surface area contributed by atoms with E-state index < -0.39 is 15.5 Å². The lowest BCUT2D eigenvalue weighted by molar-refractivity contribution is 0.137. The van der Waals surface area contributed by atoms with Crippen LogP contribution in [0.5, 0.6) is 0 Å². The van der Waals surface area contributed by atoms with Gasteiger partial charge in [0.1, 0.15) is 0 Å². The molecule has 28 heavy (non-hydrogen) atoms. The van der Waals surface area contributed by atoms with E-state index in [1.165, 1.54) is 0 Å². The molecule has 0 spiro atoms. The molecule has 0 rings (SSSR count). The Hall–Kier alpha value is -0.320. The molecule has 0 radical (unpaired) electrons. The maximum Gasteiger partial charge on any atom is 0.435 e. The molecule has 0 aliphatic heterocycles. The van der Waals surface area contributed by atoms with Gasteiger partial charge in [-0.05, 0) is 79.8 Å². The second-order valence-corrected chi connectivity index (χ2v) is 10.8. The molecule has 0 aromatic heterocycles. The summed E-state index contributed by atoms with van der Waals surface area (Å²) >= 11 is 10.1. The Morgan fingerprint density at radius 1 is 0.607 bits per heavy atom. The number of hydrogen-bond acceptors (Lipinski definition) is 8. The fraction of sp³-hybridized carbons (Fsp3) is 0.857.